The zero-order chi connectivity index (χ0) is 11.4. The first-order valence-electron chi connectivity index (χ1n) is 6.04. The highest BCUT2D eigenvalue weighted by Crippen LogP contribution is 2.16. The molecule has 0 aromatic carbocycles. The average molecular weight is 219 g/mol. The van der Waals surface area contributed by atoms with Crippen LogP contribution in [0.1, 0.15) is 19.5 Å². The van der Waals surface area contributed by atoms with E-state index in [-0.39, 0.29) is 5.54 Å². The molecule has 3 heteroatoms. The van der Waals surface area contributed by atoms with Gasteiger partial charge in [0.15, 0.2) is 0 Å². The van der Waals surface area contributed by atoms with Crippen LogP contribution in [0.2, 0.25) is 0 Å². The minimum Gasteiger partial charge on any atom is -0.314 e. The van der Waals surface area contributed by atoms with Gasteiger partial charge >= 0.3 is 0 Å². The lowest BCUT2D eigenvalue weighted by molar-refractivity contribution is 0.0919. The van der Waals surface area contributed by atoms with E-state index in [9.17, 15) is 0 Å². The molecule has 1 N–H and O–H groups in total. The van der Waals surface area contributed by atoms with Crippen molar-refractivity contribution >= 4 is 0 Å². The molecule has 1 aliphatic rings. The van der Waals surface area contributed by atoms with E-state index in [1.54, 1.807) is 0 Å². The lowest BCUT2D eigenvalue weighted by atomic mass is 10.00. The molecule has 3 nitrogen and oxygen atoms in total. The molecule has 0 atom stereocenters. The van der Waals surface area contributed by atoms with Gasteiger partial charge in [-0.15, -0.1) is 0 Å². The number of pyridine rings is 1. The predicted molar refractivity (Wildman–Crippen MR) is 66.5 cm³/mol. The fourth-order valence-electron chi connectivity index (χ4n) is 2.23. The van der Waals surface area contributed by atoms with Crippen LogP contribution in [0.5, 0.6) is 0 Å². The van der Waals surface area contributed by atoms with Crippen LogP contribution in [0, 0.1) is 0 Å². The molecule has 1 saturated heterocycles. The summed E-state index contributed by atoms with van der Waals surface area (Å²) in [6.07, 6.45) is 2.92. The van der Waals surface area contributed by atoms with Gasteiger partial charge in [-0.2, -0.15) is 0 Å². The monoisotopic (exact) mass is 219 g/mol. The number of aromatic nitrogens is 1. The molecule has 0 aliphatic carbocycles. The van der Waals surface area contributed by atoms with E-state index in [4.69, 9.17) is 0 Å². The third kappa shape index (κ3) is 2.80. The van der Waals surface area contributed by atoms with Crippen molar-refractivity contribution in [1.82, 2.24) is 15.2 Å². The van der Waals surface area contributed by atoms with Gasteiger partial charge in [-0.3, -0.25) is 9.88 Å². The highest BCUT2D eigenvalue weighted by Gasteiger charge is 2.28. The molecule has 0 radical (unpaired) electrons. The Morgan fingerprint density at radius 1 is 1.44 bits per heavy atom. The molecule has 0 saturated carbocycles. The second-order valence-corrected chi connectivity index (χ2v) is 5.05. The number of rotatable bonds is 3. The Bertz CT molecular complexity index is 321. The second kappa shape index (κ2) is 4.93. The molecular weight excluding hydrogens is 198 g/mol. The van der Waals surface area contributed by atoms with Crippen LogP contribution in [0.15, 0.2) is 24.4 Å². The van der Waals surface area contributed by atoms with Crippen LogP contribution in [0.3, 0.4) is 0 Å². The van der Waals surface area contributed by atoms with E-state index in [2.05, 4.69) is 41.2 Å². The largest absolute Gasteiger partial charge is 0.314 e. The SMILES string of the molecule is CC1(C)CNCCN1CCc1ccccn1. The van der Waals surface area contributed by atoms with Crippen molar-refractivity contribution in [3.8, 4) is 0 Å². The number of nitrogens with one attached hydrogen (secondary N) is 1. The summed E-state index contributed by atoms with van der Waals surface area (Å²) < 4.78 is 0. The van der Waals surface area contributed by atoms with Gasteiger partial charge in [0.25, 0.3) is 0 Å². The highest BCUT2D eigenvalue weighted by molar-refractivity contribution is 5.04. The summed E-state index contributed by atoms with van der Waals surface area (Å²) in [5.41, 5.74) is 1.46. The highest BCUT2D eigenvalue weighted by atomic mass is 15.2. The smallest absolute Gasteiger partial charge is 0.0416 e. The molecule has 16 heavy (non-hydrogen) atoms. The summed E-state index contributed by atoms with van der Waals surface area (Å²) in [6, 6.07) is 6.14. The van der Waals surface area contributed by atoms with Crippen LogP contribution in [-0.2, 0) is 6.42 Å². The first-order chi connectivity index (χ1) is 7.68. The first-order valence-corrected chi connectivity index (χ1v) is 6.04. The van der Waals surface area contributed by atoms with Gasteiger partial charge in [0, 0.05) is 50.0 Å². The fourth-order valence-corrected chi connectivity index (χ4v) is 2.23. The summed E-state index contributed by atoms with van der Waals surface area (Å²) in [6.45, 7) is 9.03. The van der Waals surface area contributed by atoms with Crippen molar-refractivity contribution < 1.29 is 0 Å². The fraction of sp³-hybridized carbons (Fsp3) is 0.615. The Labute approximate surface area is 97.9 Å². The molecule has 2 heterocycles. The molecule has 1 aliphatic heterocycles. The quantitative estimate of drug-likeness (QED) is 0.831. The van der Waals surface area contributed by atoms with Gasteiger partial charge in [0.2, 0.25) is 0 Å². The summed E-state index contributed by atoms with van der Waals surface area (Å²) in [5.74, 6) is 0. The van der Waals surface area contributed by atoms with Crippen molar-refractivity contribution in [3.63, 3.8) is 0 Å². The topological polar surface area (TPSA) is 28.2 Å². The average Bonchev–Trinajstić information content (AvgIpc) is 2.28. The van der Waals surface area contributed by atoms with E-state index < -0.39 is 0 Å². The van der Waals surface area contributed by atoms with Gasteiger partial charge < -0.3 is 5.32 Å². The summed E-state index contributed by atoms with van der Waals surface area (Å²) in [7, 11) is 0. The van der Waals surface area contributed by atoms with E-state index in [1.807, 2.05) is 12.3 Å². The van der Waals surface area contributed by atoms with Gasteiger partial charge in [-0.1, -0.05) is 6.07 Å². The molecule has 1 aromatic heterocycles. The van der Waals surface area contributed by atoms with Gasteiger partial charge in [0.05, 0.1) is 0 Å². The molecular formula is C13H21N3. The zero-order valence-corrected chi connectivity index (χ0v) is 10.2. The van der Waals surface area contributed by atoms with E-state index in [0.29, 0.717) is 0 Å². The molecule has 1 fully saturated rings. The summed E-state index contributed by atoms with van der Waals surface area (Å²) in [5, 5.41) is 3.45. The molecule has 0 bridgehead atoms. The Kier molecular flexibility index (Phi) is 3.56. The van der Waals surface area contributed by atoms with E-state index in [0.717, 1.165) is 32.6 Å². The maximum absolute atomic E-state index is 4.37. The van der Waals surface area contributed by atoms with Crippen LogP contribution in [0.4, 0.5) is 0 Å². The number of nitrogens with zero attached hydrogens (tertiary/aromatic N) is 2. The van der Waals surface area contributed by atoms with Crippen molar-refractivity contribution in [3.05, 3.63) is 30.1 Å². The normalized spacial score (nSPS) is 20.9. The molecule has 0 spiro atoms. The first kappa shape index (κ1) is 11.6. The van der Waals surface area contributed by atoms with Crippen molar-refractivity contribution in [1.29, 1.82) is 0 Å². The molecule has 2 rings (SSSR count). The van der Waals surface area contributed by atoms with E-state index in [1.165, 1.54) is 5.69 Å². The van der Waals surface area contributed by atoms with Crippen molar-refractivity contribution in [2.75, 3.05) is 26.2 Å². The minimum absolute atomic E-state index is 0.271. The van der Waals surface area contributed by atoms with Crippen LogP contribution in [0.25, 0.3) is 0 Å². The predicted octanol–water partition coefficient (Wildman–Crippen LogP) is 1.31. The Morgan fingerprint density at radius 3 is 3.00 bits per heavy atom. The zero-order valence-electron chi connectivity index (χ0n) is 10.2. The maximum atomic E-state index is 4.37. The van der Waals surface area contributed by atoms with Crippen LogP contribution < -0.4 is 5.32 Å². The maximum Gasteiger partial charge on any atom is 0.0416 e. The summed E-state index contributed by atoms with van der Waals surface area (Å²) in [4.78, 5) is 6.92. The third-order valence-electron chi connectivity index (χ3n) is 3.34. The lowest BCUT2D eigenvalue weighted by Gasteiger charge is -2.42. The van der Waals surface area contributed by atoms with Crippen molar-refractivity contribution in [2.24, 2.45) is 0 Å². The van der Waals surface area contributed by atoms with Gasteiger partial charge in [-0.25, -0.2) is 0 Å². The van der Waals surface area contributed by atoms with Gasteiger partial charge in [0.1, 0.15) is 0 Å². The lowest BCUT2D eigenvalue weighted by Crippen LogP contribution is -2.58. The second-order valence-electron chi connectivity index (χ2n) is 5.05. The number of hydrogen-bond donors (Lipinski definition) is 1. The standard InChI is InChI=1S/C13H21N3/c1-13(2)11-14-8-10-16(13)9-6-12-5-3-4-7-15-12/h3-5,7,14H,6,8-11H2,1-2H3. The summed E-state index contributed by atoms with van der Waals surface area (Å²) >= 11 is 0. The van der Waals surface area contributed by atoms with E-state index >= 15 is 0 Å². The van der Waals surface area contributed by atoms with Crippen molar-refractivity contribution in [2.45, 2.75) is 25.8 Å². The number of piperazine rings is 1. The molecule has 0 amide bonds. The third-order valence-corrected chi connectivity index (χ3v) is 3.34. The Morgan fingerprint density at radius 2 is 2.31 bits per heavy atom. The molecule has 0 unspecified atom stereocenters. The Hall–Kier alpha value is -0.930. The van der Waals surface area contributed by atoms with Crippen LogP contribution >= 0.6 is 0 Å². The molecule has 88 valence electrons. The molecule has 1 aromatic rings. The minimum atomic E-state index is 0.271. The number of hydrogen-bond acceptors (Lipinski definition) is 3. The Balaban J connectivity index is 1.90. The van der Waals surface area contributed by atoms with Crippen LogP contribution in [-0.4, -0.2) is 41.6 Å². The van der Waals surface area contributed by atoms with Gasteiger partial charge in [-0.05, 0) is 26.0 Å².